The number of rotatable bonds is 6. The highest BCUT2D eigenvalue weighted by Gasteiger charge is 2.51. The van der Waals surface area contributed by atoms with Crippen LogP contribution in [-0.2, 0) is 22.5 Å². The maximum Gasteiger partial charge on any atom is 0.270 e. The predicted octanol–water partition coefficient (Wildman–Crippen LogP) is 1.31. The van der Waals surface area contributed by atoms with Crippen LogP contribution >= 0.6 is 0 Å². The molecule has 1 aromatic rings. The van der Waals surface area contributed by atoms with E-state index in [2.05, 4.69) is 72.0 Å². The molecule has 1 aromatic carbocycles. The number of fused-ring (bicyclic) bond motifs is 2. The normalized spacial score (nSPS) is 28.6. The Kier molecular flexibility index (Phi) is 7.35. The molecular formula is C34H49N9O2. The van der Waals surface area contributed by atoms with E-state index in [4.69, 9.17) is 4.74 Å². The third-order valence-electron chi connectivity index (χ3n) is 11.8. The van der Waals surface area contributed by atoms with Crippen LogP contribution in [-0.4, -0.2) is 123 Å². The topological polar surface area (TPSA) is 91.0 Å². The molecule has 2 spiro atoms. The maximum absolute atomic E-state index is 12.6. The largest absolute Gasteiger partial charge is 0.377 e. The molecule has 242 valence electrons. The number of amides is 1. The lowest BCUT2D eigenvalue weighted by Gasteiger charge is -2.59. The Morgan fingerprint density at radius 3 is 2.69 bits per heavy atom. The molecule has 6 heterocycles. The summed E-state index contributed by atoms with van der Waals surface area (Å²) in [5.74, 6) is 1.66. The molecule has 7 aliphatic rings. The van der Waals surface area contributed by atoms with Gasteiger partial charge >= 0.3 is 0 Å². The average Bonchev–Trinajstić information content (AvgIpc) is 3.66. The number of aliphatic imine (C=N–C) groups is 1. The van der Waals surface area contributed by atoms with Crippen LogP contribution in [0.3, 0.4) is 0 Å². The van der Waals surface area contributed by atoms with E-state index in [1.807, 2.05) is 5.01 Å². The maximum atomic E-state index is 12.6. The molecule has 6 aliphatic heterocycles. The summed E-state index contributed by atoms with van der Waals surface area (Å²) in [6, 6.07) is 6.76. The fraction of sp³-hybridized carbons (Fsp3) is 0.647. The van der Waals surface area contributed by atoms with Crippen molar-refractivity contribution in [2.24, 2.45) is 16.3 Å². The Morgan fingerprint density at radius 1 is 1.13 bits per heavy atom. The number of hydrazine groups is 1. The van der Waals surface area contributed by atoms with Crippen molar-refractivity contribution >= 4 is 17.3 Å². The first kappa shape index (κ1) is 29.3. The fourth-order valence-electron chi connectivity index (χ4n) is 9.17. The standard InChI is InChI=1S/C34H49N9O2/c1-35-27-15-30(38-43-29(32(44)36-2)18-37-31(27)43)42-10-7-26-25(5-4-6-28(26)42)20-40-13-14-41(34(21-40)22-45-23-34)19-24-16-33(17-24)8-11-39(3)12-9-33/h4-6,15,18,24,31,37-38H,7-14,16-17,19-23H2,1-3H3,(H,36,44). The number of likely N-dealkylation sites (tertiary alicyclic amines) is 1. The van der Waals surface area contributed by atoms with E-state index >= 15 is 0 Å². The summed E-state index contributed by atoms with van der Waals surface area (Å²) in [6.45, 7) is 10.7. The molecule has 3 N–H and O–H groups in total. The zero-order valence-electron chi connectivity index (χ0n) is 27.1. The lowest BCUT2D eigenvalue weighted by atomic mass is 9.57. The number of piperazine rings is 1. The summed E-state index contributed by atoms with van der Waals surface area (Å²) >= 11 is 0. The number of nitrogens with one attached hydrogen (secondary N) is 3. The fourth-order valence-corrected chi connectivity index (χ4v) is 9.17. The van der Waals surface area contributed by atoms with Gasteiger partial charge in [0, 0.05) is 71.3 Å². The Morgan fingerprint density at radius 2 is 1.96 bits per heavy atom. The number of anilines is 1. The van der Waals surface area contributed by atoms with Gasteiger partial charge in [-0.15, -0.1) is 0 Å². The van der Waals surface area contributed by atoms with Gasteiger partial charge in [-0.3, -0.25) is 30.0 Å². The highest BCUT2D eigenvalue weighted by Crippen LogP contribution is 2.53. The number of ether oxygens (including phenoxy) is 1. The van der Waals surface area contributed by atoms with Crippen molar-refractivity contribution in [3.05, 3.63) is 53.1 Å². The summed E-state index contributed by atoms with van der Waals surface area (Å²) < 4.78 is 5.89. The highest BCUT2D eigenvalue weighted by molar-refractivity contribution is 6.03. The molecular weight excluding hydrogens is 566 g/mol. The van der Waals surface area contributed by atoms with Crippen molar-refractivity contribution in [3.63, 3.8) is 0 Å². The van der Waals surface area contributed by atoms with Crippen molar-refractivity contribution in [1.82, 2.24) is 35.8 Å². The molecule has 1 saturated carbocycles. The Labute approximate surface area is 267 Å². The van der Waals surface area contributed by atoms with Crippen LogP contribution in [0.5, 0.6) is 0 Å². The first-order chi connectivity index (χ1) is 21.9. The third kappa shape index (κ3) is 5.03. The summed E-state index contributed by atoms with van der Waals surface area (Å²) in [6.07, 6.45) is 10.3. The van der Waals surface area contributed by atoms with Crippen LogP contribution < -0.4 is 21.0 Å². The first-order valence-corrected chi connectivity index (χ1v) is 16.9. The molecule has 4 fully saturated rings. The number of carbonyl (C=O) groups excluding carboxylic acids is 1. The van der Waals surface area contributed by atoms with E-state index in [0.717, 1.165) is 69.8 Å². The van der Waals surface area contributed by atoms with Crippen molar-refractivity contribution < 1.29 is 9.53 Å². The van der Waals surface area contributed by atoms with Crippen LogP contribution in [0.25, 0.3) is 0 Å². The number of piperidine rings is 1. The number of hydrogen-bond donors (Lipinski definition) is 3. The molecule has 1 aliphatic carbocycles. The zero-order valence-corrected chi connectivity index (χ0v) is 27.1. The minimum absolute atomic E-state index is 0.137. The van der Waals surface area contributed by atoms with Gasteiger partial charge in [0.1, 0.15) is 11.5 Å². The highest BCUT2D eigenvalue weighted by atomic mass is 16.5. The molecule has 11 nitrogen and oxygen atoms in total. The summed E-state index contributed by atoms with van der Waals surface area (Å²) in [5.41, 5.74) is 9.88. The second-order valence-electron chi connectivity index (χ2n) is 14.6. The van der Waals surface area contributed by atoms with Crippen LogP contribution in [0.15, 0.2) is 47.0 Å². The van der Waals surface area contributed by atoms with Gasteiger partial charge in [-0.2, -0.15) is 0 Å². The molecule has 3 saturated heterocycles. The van der Waals surface area contributed by atoms with Gasteiger partial charge in [-0.1, -0.05) is 12.1 Å². The third-order valence-corrected chi connectivity index (χ3v) is 11.8. The molecule has 0 bridgehead atoms. The molecule has 0 aromatic heterocycles. The number of benzene rings is 1. The van der Waals surface area contributed by atoms with E-state index in [9.17, 15) is 4.79 Å². The lowest BCUT2D eigenvalue weighted by Crippen LogP contribution is -2.72. The number of carbonyl (C=O) groups is 1. The summed E-state index contributed by atoms with van der Waals surface area (Å²) in [5, 5.41) is 7.92. The van der Waals surface area contributed by atoms with Crippen molar-refractivity contribution in [2.45, 2.75) is 50.4 Å². The van der Waals surface area contributed by atoms with Crippen molar-refractivity contribution in [1.29, 1.82) is 0 Å². The quantitative estimate of drug-likeness (QED) is 0.438. The van der Waals surface area contributed by atoms with Crippen LogP contribution in [0.4, 0.5) is 5.69 Å². The van der Waals surface area contributed by atoms with Gasteiger partial charge in [0.2, 0.25) is 0 Å². The SMILES string of the molecule is CN=C1C=C(N2CCc3c(CN4CCN(CC5CC6(CCN(C)CC6)C5)C5(COC5)C4)cccc32)NN2C(C(=O)NC)=CNC12. The predicted molar refractivity (Wildman–Crippen MR) is 175 cm³/mol. The molecule has 1 unspecified atom stereocenters. The monoisotopic (exact) mass is 615 g/mol. The van der Waals surface area contributed by atoms with Gasteiger partial charge in [-0.25, -0.2) is 0 Å². The van der Waals surface area contributed by atoms with E-state index in [1.165, 1.54) is 62.1 Å². The number of hydrogen-bond acceptors (Lipinski definition) is 10. The van der Waals surface area contributed by atoms with E-state index in [1.54, 1.807) is 20.3 Å². The zero-order chi connectivity index (χ0) is 30.8. The molecule has 1 amide bonds. The number of likely N-dealkylation sites (N-methyl/N-ethyl adjacent to an activating group) is 1. The Hall–Kier alpha value is -3.12. The molecule has 11 heteroatoms. The second kappa shape index (κ2) is 11.3. The summed E-state index contributed by atoms with van der Waals surface area (Å²) in [7, 11) is 5.73. The molecule has 8 rings (SSSR count). The average molecular weight is 616 g/mol. The van der Waals surface area contributed by atoms with Crippen LogP contribution in [0.1, 0.15) is 36.8 Å². The Bertz CT molecular complexity index is 1420. The summed E-state index contributed by atoms with van der Waals surface area (Å²) in [4.78, 5) is 27.5. The van der Waals surface area contributed by atoms with E-state index in [0.29, 0.717) is 11.1 Å². The van der Waals surface area contributed by atoms with Gasteiger partial charge in [0.25, 0.3) is 5.91 Å². The van der Waals surface area contributed by atoms with Gasteiger partial charge in [0.05, 0.1) is 24.5 Å². The lowest BCUT2D eigenvalue weighted by molar-refractivity contribution is -0.180. The number of nitrogens with zero attached hydrogens (tertiary/aromatic N) is 6. The molecule has 1 atom stereocenters. The van der Waals surface area contributed by atoms with Gasteiger partial charge in [0.15, 0.2) is 6.17 Å². The van der Waals surface area contributed by atoms with Crippen LogP contribution in [0, 0.1) is 11.3 Å². The van der Waals surface area contributed by atoms with Gasteiger partial charge in [-0.05, 0) is 80.8 Å². The van der Waals surface area contributed by atoms with E-state index in [-0.39, 0.29) is 17.6 Å². The Balaban J connectivity index is 0.935. The molecule has 0 radical (unpaired) electrons. The molecule has 45 heavy (non-hydrogen) atoms. The van der Waals surface area contributed by atoms with E-state index < -0.39 is 0 Å². The minimum Gasteiger partial charge on any atom is -0.377 e. The van der Waals surface area contributed by atoms with Crippen molar-refractivity contribution in [3.8, 4) is 0 Å². The van der Waals surface area contributed by atoms with Crippen LogP contribution in [0.2, 0.25) is 0 Å². The smallest absolute Gasteiger partial charge is 0.270 e. The second-order valence-corrected chi connectivity index (χ2v) is 14.6. The minimum atomic E-state index is -0.208. The van der Waals surface area contributed by atoms with Gasteiger partial charge < -0.3 is 25.2 Å². The van der Waals surface area contributed by atoms with Crippen molar-refractivity contribution in [2.75, 3.05) is 85.1 Å². The first-order valence-electron chi connectivity index (χ1n) is 16.9.